The van der Waals surface area contributed by atoms with Crippen LogP contribution in [0, 0.1) is 0 Å². The summed E-state index contributed by atoms with van der Waals surface area (Å²) in [4.78, 5) is 16.1. The van der Waals surface area contributed by atoms with E-state index in [1.165, 1.54) is 15.8 Å². The molecule has 1 heterocycles. The summed E-state index contributed by atoms with van der Waals surface area (Å²) in [5.74, 6) is 0.0364. The van der Waals surface area contributed by atoms with Gasteiger partial charge in [-0.15, -0.1) is 6.58 Å². The van der Waals surface area contributed by atoms with Gasteiger partial charge in [0.15, 0.2) is 5.75 Å². The zero-order valence-electron chi connectivity index (χ0n) is 9.57. The predicted molar refractivity (Wildman–Crippen MR) is 74.5 cm³/mol. The van der Waals surface area contributed by atoms with Gasteiger partial charge in [-0.25, -0.2) is 0 Å². The number of carbonyl (C=O) groups is 1. The SMILES string of the molecule is C=CCNCC(=O)O.SN1Oc2ccccc2S1. The van der Waals surface area contributed by atoms with E-state index < -0.39 is 5.97 Å². The maximum absolute atomic E-state index is 9.78. The molecule has 7 heteroatoms. The van der Waals surface area contributed by atoms with Crippen molar-refractivity contribution in [3.8, 4) is 5.75 Å². The van der Waals surface area contributed by atoms with Gasteiger partial charge in [0.2, 0.25) is 0 Å². The first-order valence-electron chi connectivity index (χ1n) is 5.11. The summed E-state index contributed by atoms with van der Waals surface area (Å²) in [7, 11) is 0. The molecule has 0 amide bonds. The maximum atomic E-state index is 9.78. The first-order valence-corrected chi connectivity index (χ1v) is 6.28. The molecule has 0 aliphatic carbocycles. The zero-order valence-corrected chi connectivity index (χ0v) is 11.3. The molecule has 0 saturated heterocycles. The van der Waals surface area contributed by atoms with E-state index in [4.69, 9.17) is 9.94 Å². The average Bonchev–Trinajstić information content (AvgIpc) is 2.70. The molecule has 0 aromatic heterocycles. The maximum Gasteiger partial charge on any atom is 0.317 e. The minimum atomic E-state index is -0.841. The highest BCUT2D eigenvalue weighted by Gasteiger charge is 2.17. The molecule has 0 saturated carbocycles. The standard InChI is InChI=1S/C6H5NOS2.C5H9NO2/c9-7-8-5-3-1-2-4-6(5)10-7;1-2-3-6-4-5(7)8/h1-4,9H;2,6H,1,3-4H2,(H,7,8). The molecule has 0 radical (unpaired) electrons. The Balaban J connectivity index is 0.000000187. The molecule has 1 aromatic carbocycles. The zero-order chi connectivity index (χ0) is 13.4. The van der Waals surface area contributed by atoms with Crippen molar-refractivity contribution in [2.75, 3.05) is 13.1 Å². The van der Waals surface area contributed by atoms with E-state index in [2.05, 4.69) is 24.7 Å². The number of para-hydroxylation sites is 1. The Hall–Kier alpha value is -1.15. The molecular formula is C11H14N2O3S2. The van der Waals surface area contributed by atoms with E-state index in [-0.39, 0.29) is 6.54 Å². The van der Waals surface area contributed by atoms with Crippen LogP contribution in [0.3, 0.4) is 0 Å². The summed E-state index contributed by atoms with van der Waals surface area (Å²) in [6.07, 6.45) is 1.61. The lowest BCUT2D eigenvalue weighted by atomic mass is 10.3. The van der Waals surface area contributed by atoms with Gasteiger partial charge in [-0.3, -0.25) is 4.79 Å². The minimum absolute atomic E-state index is 0.00597. The number of fused-ring (bicyclic) bond motifs is 1. The van der Waals surface area contributed by atoms with E-state index in [1.807, 2.05) is 24.3 Å². The van der Waals surface area contributed by atoms with Crippen LogP contribution in [-0.4, -0.2) is 28.0 Å². The van der Waals surface area contributed by atoms with E-state index in [9.17, 15) is 4.79 Å². The Labute approximate surface area is 115 Å². The number of carboxylic acid groups (broad SMARTS) is 1. The minimum Gasteiger partial charge on any atom is -0.480 e. The van der Waals surface area contributed by atoms with Gasteiger partial charge in [-0.2, -0.15) is 0 Å². The molecule has 0 atom stereocenters. The van der Waals surface area contributed by atoms with Crippen LogP contribution in [0.4, 0.5) is 0 Å². The van der Waals surface area contributed by atoms with Crippen molar-refractivity contribution in [3.63, 3.8) is 0 Å². The number of nitrogens with one attached hydrogen (secondary N) is 1. The third kappa shape index (κ3) is 5.46. The van der Waals surface area contributed by atoms with Crippen molar-refractivity contribution in [1.29, 1.82) is 0 Å². The van der Waals surface area contributed by atoms with Crippen molar-refractivity contribution in [3.05, 3.63) is 36.9 Å². The fraction of sp³-hybridized carbons (Fsp3) is 0.182. The van der Waals surface area contributed by atoms with E-state index in [0.29, 0.717) is 6.54 Å². The van der Waals surface area contributed by atoms with Crippen molar-refractivity contribution in [2.45, 2.75) is 4.90 Å². The van der Waals surface area contributed by atoms with Gasteiger partial charge in [0.1, 0.15) is 0 Å². The summed E-state index contributed by atoms with van der Waals surface area (Å²) in [6.45, 7) is 3.96. The molecule has 5 nitrogen and oxygen atoms in total. The Morgan fingerprint density at radius 1 is 1.61 bits per heavy atom. The number of thiol groups is 1. The smallest absolute Gasteiger partial charge is 0.317 e. The fourth-order valence-corrected chi connectivity index (χ4v) is 2.04. The highest BCUT2D eigenvalue weighted by molar-refractivity contribution is 8.05. The molecule has 1 aromatic rings. The molecule has 1 aliphatic heterocycles. The topological polar surface area (TPSA) is 61.8 Å². The molecule has 98 valence electrons. The van der Waals surface area contributed by atoms with Gasteiger partial charge in [-0.05, 0) is 28.8 Å². The first kappa shape index (κ1) is 14.9. The van der Waals surface area contributed by atoms with Crippen LogP contribution in [0.15, 0.2) is 41.8 Å². The second kappa shape index (κ2) is 8.04. The largest absolute Gasteiger partial charge is 0.480 e. The number of nitrogens with zero attached hydrogens (tertiary/aromatic N) is 1. The molecule has 0 unspecified atom stereocenters. The van der Waals surface area contributed by atoms with Crippen molar-refractivity contribution < 1.29 is 14.7 Å². The van der Waals surface area contributed by atoms with Gasteiger partial charge < -0.3 is 15.3 Å². The highest BCUT2D eigenvalue weighted by Crippen LogP contribution is 2.39. The monoisotopic (exact) mass is 286 g/mol. The summed E-state index contributed by atoms with van der Waals surface area (Å²) in [5.41, 5.74) is 0. The van der Waals surface area contributed by atoms with Crippen LogP contribution in [0.5, 0.6) is 5.75 Å². The second-order valence-corrected chi connectivity index (χ2v) is 4.77. The lowest BCUT2D eigenvalue weighted by Gasteiger charge is -2.00. The summed E-state index contributed by atoms with van der Waals surface area (Å²) < 4.78 is 1.44. The van der Waals surface area contributed by atoms with Crippen LogP contribution in [0.1, 0.15) is 0 Å². The fourth-order valence-electron chi connectivity index (χ4n) is 1.07. The number of hydrogen-bond acceptors (Lipinski definition) is 6. The molecule has 2 N–H and O–H groups in total. The normalized spacial score (nSPS) is 12.9. The predicted octanol–water partition coefficient (Wildman–Crippen LogP) is 1.99. The summed E-state index contributed by atoms with van der Waals surface area (Å²) in [6, 6.07) is 7.82. The Bertz CT molecular complexity index is 390. The van der Waals surface area contributed by atoms with Gasteiger partial charge in [0.05, 0.1) is 11.4 Å². The Kier molecular flexibility index (Phi) is 6.66. The van der Waals surface area contributed by atoms with Crippen LogP contribution in [-0.2, 0) is 4.79 Å². The number of benzene rings is 1. The van der Waals surface area contributed by atoms with Crippen molar-refractivity contribution in [2.24, 2.45) is 0 Å². The summed E-state index contributed by atoms with van der Waals surface area (Å²) in [5, 5.41) is 10.7. The third-order valence-electron chi connectivity index (χ3n) is 1.77. The Morgan fingerprint density at radius 2 is 2.33 bits per heavy atom. The van der Waals surface area contributed by atoms with Crippen molar-refractivity contribution >= 4 is 30.7 Å². The van der Waals surface area contributed by atoms with E-state index in [1.54, 1.807) is 6.08 Å². The van der Waals surface area contributed by atoms with Crippen molar-refractivity contribution in [1.82, 2.24) is 9.19 Å². The molecule has 1 aliphatic rings. The molecular weight excluding hydrogens is 272 g/mol. The van der Waals surface area contributed by atoms with Gasteiger partial charge >= 0.3 is 5.97 Å². The Morgan fingerprint density at radius 3 is 2.94 bits per heavy atom. The van der Waals surface area contributed by atoms with E-state index in [0.717, 1.165) is 10.6 Å². The molecule has 2 rings (SSSR count). The van der Waals surface area contributed by atoms with Crippen LogP contribution in [0.25, 0.3) is 0 Å². The lowest BCUT2D eigenvalue weighted by Crippen LogP contribution is -2.21. The molecule has 18 heavy (non-hydrogen) atoms. The number of rotatable bonds is 4. The van der Waals surface area contributed by atoms with Gasteiger partial charge in [-0.1, -0.05) is 18.2 Å². The second-order valence-electron chi connectivity index (χ2n) is 3.18. The van der Waals surface area contributed by atoms with Crippen LogP contribution in [0.2, 0.25) is 0 Å². The van der Waals surface area contributed by atoms with Crippen LogP contribution >= 0.6 is 24.8 Å². The summed E-state index contributed by atoms with van der Waals surface area (Å²) >= 11 is 5.48. The van der Waals surface area contributed by atoms with Crippen LogP contribution < -0.4 is 10.2 Å². The highest BCUT2D eigenvalue weighted by atomic mass is 32.2. The third-order valence-corrected chi connectivity index (χ3v) is 2.86. The molecule has 0 spiro atoms. The lowest BCUT2D eigenvalue weighted by molar-refractivity contribution is -0.135. The first-order chi connectivity index (χ1) is 8.63. The van der Waals surface area contributed by atoms with Gasteiger partial charge in [0.25, 0.3) is 0 Å². The quantitative estimate of drug-likeness (QED) is 0.340. The number of carboxylic acids is 1. The molecule has 0 bridgehead atoms. The molecule has 0 fully saturated rings. The average molecular weight is 286 g/mol. The van der Waals surface area contributed by atoms with Gasteiger partial charge in [0, 0.05) is 18.5 Å². The number of aliphatic carboxylic acids is 1. The van der Waals surface area contributed by atoms with E-state index >= 15 is 0 Å². The number of hydrogen-bond donors (Lipinski definition) is 3.